The number of aliphatic imine (C=N–C) groups is 1. The summed E-state index contributed by atoms with van der Waals surface area (Å²) in [5.41, 5.74) is 3.22. The third-order valence-electron chi connectivity index (χ3n) is 5.35. The molecule has 0 bridgehead atoms. The number of thioether (sulfide) groups is 1. The van der Waals surface area contributed by atoms with Gasteiger partial charge in [-0.25, -0.2) is 9.97 Å². The molecule has 1 fully saturated rings. The number of aromatic amines is 1. The van der Waals surface area contributed by atoms with Crippen LogP contribution in [0.4, 0.5) is 5.82 Å². The first-order chi connectivity index (χ1) is 14.1. The zero-order chi connectivity index (χ0) is 20.2. The Labute approximate surface area is 174 Å². The number of hydrogen-bond donors (Lipinski definition) is 3. The molecule has 3 N–H and O–H groups in total. The SMILES string of the molecule is C/N=C(/Cc1ccc(C)cc1)SC(=N)[C@H]1CC[C@H](Nc2ncnc3[nH]ncc23)C1. The van der Waals surface area contributed by atoms with Crippen molar-refractivity contribution < 1.29 is 0 Å². The van der Waals surface area contributed by atoms with Gasteiger partial charge in [0.15, 0.2) is 5.65 Å². The second-order valence-corrected chi connectivity index (χ2v) is 8.57. The van der Waals surface area contributed by atoms with Crippen LogP contribution in [-0.4, -0.2) is 43.3 Å². The van der Waals surface area contributed by atoms with E-state index < -0.39 is 0 Å². The van der Waals surface area contributed by atoms with E-state index in [0.717, 1.165) is 47.6 Å². The molecule has 0 radical (unpaired) electrons. The van der Waals surface area contributed by atoms with Crippen LogP contribution in [0.3, 0.4) is 0 Å². The van der Waals surface area contributed by atoms with Crippen molar-refractivity contribution in [2.24, 2.45) is 10.9 Å². The van der Waals surface area contributed by atoms with Crippen LogP contribution >= 0.6 is 11.8 Å². The van der Waals surface area contributed by atoms with Crippen LogP contribution < -0.4 is 5.32 Å². The molecule has 2 atom stereocenters. The van der Waals surface area contributed by atoms with Crippen LogP contribution in [0.5, 0.6) is 0 Å². The lowest BCUT2D eigenvalue weighted by Gasteiger charge is -2.15. The molecule has 1 aliphatic rings. The van der Waals surface area contributed by atoms with Gasteiger partial charge in [-0.2, -0.15) is 5.10 Å². The van der Waals surface area contributed by atoms with E-state index in [4.69, 9.17) is 5.41 Å². The van der Waals surface area contributed by atoms with Crippen molar-refractivity contribution >= 4 is 38.7 Å². The first-order valence-corrected chi connectivity index (χ1v) is 10.6. The summed E-state index contributed by atoms with van der Waals surface area (Å²) in [5, 5.41) is 21.6. The fraction of sp³-hybridized carbons (Fsp3) is 0.381. The Morgan fingerprint density at radius 2 is 2.10 bits per heavy atom. The van der Waals surface area contributed by atoms with E-state index in [-0.39, 0.29) is 5.92 Å². The normalized spacial score (nSPS) is 19.6. The molecule has 29 heavy (non-hydrogen) atoms. The van der Waals surface area contributed by atoms with E-state index in [2.05, 4.69) is 61.7 Å². The summed E-state index contributed by atoms with van der Waals surface area (Å²) >= 11 is 1.52. The quantitative estimate of drug-likeness (QED) is 0.434. The van der Waals surface area contributed by atoms with Gasteiger partial charge in [-0.1, -0.05) is 41.6 Å². The van der Waals surface area contributed by atoms with Crippen LogP contribution in [-0.2, 0) is 6.42 Å². The van der Waals surface area contributed by atoms with Crippen LogP contribution in [0.1, 0.15) is 30.4 Å². The van der Waals surface area contributed by atoms with Crippen molar-refractivity contribution in [3.63, 3.8) is 0 Å². The predicted octanol–water partition coefficient (Wildman–Crippen LogP) is 4.22. The molecule has 1 aromatic carbocycles. The fourth-order valence-electron chi connectivity index (χ4n) is 3.68. The van der Waals surface area contributed by atoms with E-state index in [0.29, 0.717) is 11.1 Å². The maximum absolute atomic E-state index is 8.61. The Balaban J connectivity index is 1.34. The van der Waals surface area contributed by atoms with E-state index in [1.165, 1.54) is 22.9 Å². The summed E-state index contributed by atoms with van der Waals surface area (Å²) in [4.78, 5) is 13.0. The second-order valence-electron chi connectivity index (χ2n) is 7.45. The van der Waals surface area contributed by atoms with Gasteiger partial charge in [0.05, 0.1) is 21.7 Å². The Bertz CT molecular complexity index is 1020. The van der Waals surface area contributed by atoms with Crippen molar-refractivity contribution in [1.29, 1.82) is 5.41 Å². The minimum absolute atomic E-state index is 0.258. The Kier molecular flexibility index (Phi) is 5.89. The minimum Gasteiger partial charge on any atom is -0.367 e. The van der Waals surface area contributed by atoms with E-state index >= 15 is 0 Å². The number of aryl methyl sites for hydroxylation is 1. The number of H-pyrrole nitrogens is 1. The molecular weight excluding hydrogens is 382 g/mol. The maximum atomic E-state index is 8.61. The summed E-state index contributed by atoms with van der Waals surface area (Å²) in [6.07, 6.45) is 7.02. The Morgan fingerprint density at radius 1 is 1.28 bits per heavy atom. The number of nitrogens with one attached hydrogen (secondary N) is 3. The second kappa shape index (κ2) is 8.73. The number of anilines is 1. The molecular formula is C21H25N7S. The van der Waals surface area contributed by atoms with Crippen molar-refractivity contribution in [3.8, 4) is 0 Å². The molecule has 2 aromatic heterocycles. The fourth-order valence-corrected chi connectivity index (χ4v) is 4.64. The molecule has 8 heteroatoms. The third kappa shape index (κ3) is 4.64. The van der Waals surface area contributed by atoms with Crippen LogP contribution in [0.2, 0.25) is 0 Å². The summed E-state index contributed by atoms with van der Waals surface area (Å²) in [6.45, 7) is 2.09. The Morgan fingerprint density at radius 3 is 2.90 bits per heavy atom. The number of aromatic nitrogens is 4. The first-order valence-electron chi connectivity index (χ1n) is 9.80. The largest absolute Gasteiger partial charge is 0.367 e. The molecule has 0 spiro atoms. The highest BCUT2D eigenvalue weighted by atomic mass is 32.2. The van der Waals surface area contributed by atoms with E-state index in [1.807, 2.05) is 7.05 Å². The molecule has 1 saturated carbocycles. The molecule has 0 unspecified atom stereocenters. The van der Waals surface area contributed by atoms with Crippen molar-refractivity contribution in [1.82, 2.24) is 20.2 Å². The molecule has 0 amide bonds. The van der Waals surface area contributed by atoms with Crippen molar-refractivity contribution in [2.45, 2.75) is 38.6 Å². The molecule has 1 aliphatic carbocycles. The first kappa shape index (κ1) is 19.6. The summed E-state index contributed by atoms with van der Waals surface area (Å²) in [5.74, 6) is 1.07. The smallest absolute Gasteiger partial charge is 0.160 e. The molecule has 0 saturated heterocycles. The lowest BCUT2D eigenvalue weighted by Crippen LogP contribution is -2.18. The topological polar surface area (TPSA) is 103 Å². The molecule has 2 heterocycles. The molecule has 4 rings (SSSR count). The number of rotatable bonds is 5. The minimum atomic E-state index is 0.258. The van der Waals surface area contributed by atoms with Crippen LogP contribution in [0, 0.1) is 18.3 Å². The zero-order valence-corrected chi connectivity index (χ0v) is 17.5. The highest BCUT2D eigenvalue weighted by Gasteiger charge is 2.29. The van der Waals surface area contributed by atoms with Gasteiger partial charge in [-0.05, 0) is 31.7 Å². The molecule has 0 aliphatic heterocycles. The maximum Gasteiger partial charge on any atom is 0.160 e. The molecule has 3 aromatic rings. The van der Waals surface area contributed by atoms with E-state index in [1.54, 1.807) is 12.5 Å². The van der Waals surface area contributed by atoms with Gasteiger partial charge >= 0.3 is 0 Å². The van der Waals surface area contributed by atoms with Gasteiger partial charge in [0.2, 0.25) is 0 Å². The molecule has 150 valence electrons. The summed E-state index contributed by atoms with van der Waals surface area (Å²) < 4.78 is 0. The number of hydrogen-bond acceptors (Lipinski definition) is 7. The number of nitrogens with zero attached hydrogens (tertiary/aromatic N) is 4. The zero-order valence-electron chi connectivity index (χ0n) is 16.6. The predicted molar refractivity (Wildman–Crippen MR) is 120 cm³/mol. The lowest BCUT2D eigenvalue weighted by atomic mass is 10.1. The van der Waals surface area contributed by atoms with Crippen LogP contribution in [0.25, 0.3) is 11.0 Å². The average molecular weight is 408 g/mol. The highest BCUT2D eigenvalue weighted by molar-refractivity contribution is 8.26. The number of fused-ring (bicyclic) bond motifs is 1. The summed E-state index contributed by atoms with van der Waals surface area (Å²) in [6, 6.07) is 8.82. The average Bonchev–Trinajstić information content (AvgIpc) is 3.39. The van der Waals surface area contributed by atoms with Crippen LogP contribution in [0.15, 0.2) is 41.8 Å². The van der Waals surface area contributed by atoms with Gasteiger partial charge in [-0.15, -0.1) is 0 Å². The van der Waals surface area contributed by atoms with Gasteiger partial charge in [0.1, 0.15) is 12.1 Å². The van der Waals surface area contributed by atoms with Gasteiger partial charge < -0.3 is 5.32 Å². The van der Waals surface area contributed by atoms with Crippen molar-refractivity contribution in [3.05, 3.63) is 47.9 Å². The summed E-state index contributed by atoms with van der Waals surface area (Å²) in [7, 11) is 1.81. The molecule has 7 nitrogen and oxygen atoms in total. The standard InChI is InChI=1S/C21H25N7S/c1-13-3-5-14(6-4-13)9-18(23-2)29-19(22)15-7-8-16(10-15)27-20-17-11-26-28-21(17)25-12-24-20/h3-6,11-12,15-16,22H,7-10H2,1-2H3,(H2,24,25,26,27,28)/b22-19?,23-18-/t15-,16-/m0/s1. The monoisotopic (exact) mass is 407 g/mol. The van der Waals surface area contributed by atoms with Gasteiger partial charge in [-0.3, -0.25) is 15.5 Å². The highest BCUT2D eigenvalue weighted by Crippen LogP contribution is 2.33. The van der Waals surface area contributed by atoms with Gasteiger partial charge in [0.25, 0.3) is 0 Å². The number of benzene rings is 1. The lowest BCUT2D eigenvalue weighted by molar-refractivity contribution is 0.709. The third-order valence-corrected chi connectivity index (χ3v) is 6.46. The van der Waals surface area contributed by atoms with E-state index in [9.17, 15) is 0 Å². The Hall–Kier alpha value is -2.74. The van der Waals surface area contributed by atoms with Gasteiger partial charge in [0, 0.05) is 25.4 Å². The van der Waals surface area contributed by atoms with Crippen molar-refractivity contribution in [2.75, 3.05) is 12.4 Å².